The summed E-state index contributed by atoms with van der Waals surface area (Å²) in [6.45, 7) is 13.1. The molecular formula is C28H56N2O2. The van der Waals surface area contributed by atoms with Crippen LogP contribution < -0.4 is 5.32 Å². The van der Waals surface area contributed by atoms with Crippen molar-refractivity contribution < 1.29 is 9.59 Å². The minimum absolute atomic E-state index is 0.0315. The molecule has 0 saturated carbocycles. The number of hydrogen-bond acceptors (Lipinski definition) is 2. The molecule has 190 valence electrons. The molecule has 0 aliphatic heterocycles. The van der Waals surface area contributed by atoms with Gasteiger partial charge in [0, 0.05) is 26.1 Å². The Bertz CT molecular complexity index is 452. The van der Waals surface area contributed by atoms with Crippen LogP contribution in [0.3, 0.4) is 0 Å². The smallest absolute Gasteiger partial charge is 0.229 e. The van der Waals surface area contributed by atoms with Gasteiger partial charge in [0.05, 0.1) is 5.41 Å². The van der Waals surface area contributed by atoms with Crippen molar-refractivity contribution in [1.29, 1.82) is 0 Å². The van der Waals surface area contributed by atoms with E-state index in [1.54, 1.807) is 0 Å². The highest BCUT2D eigenvalue weighted by atomic mass is 16.2. The second-order valence-electron chi connectivity index (χ2n) is 9.98. The van der Waals surface area contributed by atoms with E-state index in [4.69, 9.17) is 0 Å². The van der Waals surface area contributed by atoms with E-state index in [1.807, 2.05) is 6.92 Å². The van der Waals surface area contributed by atoms with Crippen LogP contribution in [0.2, 0.25) is 0 Å². The van der Waals surface area contributed by atoms with Crippen LogP contribution in [-0.4, -0.2) is 36.3 Å². The average Bonchev–Trinajstić information content (AvgIpc) is 2.79. The molecule has 2 amide bonds. The SMILES string of the molecule is CCCCCCCNC(=O)CC(C)(CC)C(=O)N(CCCCCCC)CCCCCCC. The van der Waals surface area contributed by atoms with Crippen LogP contribution in [-0.2, 0) is 9.59 Å². The van der Waals surface area contributed by atoms with Gasteiger partial charge >= 0.3 is 0 Å². The summed E-state index contributed by atoms with van der Waals surface area (Å²) in [4.78, 5) is 28.3. The standard InChI is InChI=1S/C28H56N2O2/c1-6-10-13-16-19-22-29-26(31)25-28(5,9-4)27(32)30(23-20-17-14-11-7-2)24-21-18-15-12-8-3/h6-25H2,1-5H3,(H,29,31). The summed E-state index contributed by atoms with van der Waals surface area (Å²) >= 11 is 0. The first-order valence-corrected chi connectivity index (χ1v) is 14.0. The fourth-order valence-electron chi connectivity index (χ4n) is 4.23. The normalized spacial score (nSPS) is 13.0. The second kappa shape index (κ2) is 20.5. The largest absolute Gasteiger partial charge is 0.356 e. The molecule has 0 bridgehead atoms. The number of carbonyl (C=O) groups is 2. The van der Waals surface area contributed by atoms with E-state index in [0.717, 1.165) is 38.9 Å². The number of unbranched alkanes of at least 4 members (excludes halogenated alkanes) is 12. The third-order valence-electron chi connectivity index (χ3n) is 6.80. The van der Waals surface area contributed by atoms with E-state index in [2.05, 4.69) is 37.9 Å². The molecule has 0 aliphatic carbocycles. The summed E-state index contributed by atoms with van der Waals surface area (Å²) < 4.78 is 0. The van der Waals surface area contributed by atoms with Gasteiger partial charge in [0.25, 0.3) is 0 Å². The van der Waals surface area contributed by atoms with Gasteiger partial charge in [-0.1, -0.05) is 112 Å². The zero-order chi connectivity index (χ0) is 24.1. The highest BCUT2D eigenvalue weighted by Gasteiger charge is 2.36. The van der Waals surface area contributed by atoms with Crippen LogP contribution >= 0.6 is 0 Å². The molecule has 0 aromatic heterocycles. The van der Waals surface area contributed by atoms with Gasteiger partial charge in [0.2, 0.25) is 11.8 Å². The Labute approximate surface area is 200 Å². The molecule has 32 heavy (non-hydrogen) atoms. The monoisotopic (exact) mass is 452 g/mol. The maximum absolute atomic E-state index is 13.6. The summed E-state index contributed by atoms with van der Waals surface area (Å²) in [5, 5.41) is 3.07. The molecule has 0 fully saturated rings. The van der Waals surface area contributed by atoms with Gasteiger partial charge in [-0.25, -0.2) is 0 Å². The van der Waals surface area contributed by atoms with Crippen molar-refractivity contribution in [1.82, 2.24) is 10.2 Å². The first kappa shape index (κ1) is 30.9. The fourth-order valence-corrected chi connectivity index (χ4v) is 4.23. The lowest BCUT2D eigenvalue weighted by atomic mass is 9.81. The number of amides is 2. The predicted molar refractivity (Wildman–Crippen MR) is 139 cm³/mol. The van der Waals surface area contributed by atoms with E-state index in [0.29, 0.717) is 12.8 Å². The topological polar surface area (TPSA) is 49.4 Å². The number of rotatable bonds is 22. The molecule has 0 rings (SSSR count). The molecule has 4 nitrogen and oxygen atoms in total. The minimum atomic E-state index is -0.598. The number of hydrogen-bond donors (Lipinski definition) is 1. The quantitative estimate of drug-likeness (QED) is 0.171. The van der Waals surface area contributed by atoms with Crippen LogP contribution in [0.1, 0.15) is 144 Å². The van der Waals surface area contributed by atoms with Crippen molar-refractivity contribution in [2.24, 2.45) is 5.41 Å². The van der Waals surface area contributed by atoms with Gasteiger partial charge in [0.15, 0.2) is 0 Å². The average molecular weight is 453 g/mol. The first-order chi connectivity index (χ1) is 15.4. The Morgan fingerprint density at radius 3 is 1.53 bits per heavy atom. The molecular weight excluding hydrogens is 396 g/mol. The van der Waals surface area contributed by atoms with Gasteiger partial charge in [-0.2, -0.15) is 0 Å². The van der Waals surface area contributed by atoms with Gasteiger partial charge in [-0.15, -0.1) is 0 Å². The Hall–Kier alpha value is -1.06. The minimum Gasteiger partial charge on any atom is -0.356 e. The van der Waals surface area contributed by atoms with E-state index in [-0.39, 0.29) is 11.8 Å². The van der Waals surface area contributed by atoms with E-state index in [1.165, 1.54) is 77.0 Å². The molecule has 0 spiro atoms. The van der Waals surface area contributed by atoms with Crippen LogP contribution in [0.25, 0.3) is 0 Å². The zero-order valence-electron chi connectivity index (χ0n) is 22.4. The van der Waals surface area contributed by atoms with E-state index >= 15 is 0 Å². The summed E-state index contributed by atoms with van der Waals surface area (Å²) in [5.41, 5.74) is -0.598. The van der Waals surface area contributed by atoms with Gasteiger partial charge in [0.1, 0.15) is 0 Å². The lowest BCUT2D eigenvalue weighted by Gasteiger charge is -2.34. The van der Waals surface area contributed by atoms with Crippen molar-refractivity contribution >= 4 is 11.8 Å². The lowest BCUT2D eigenvalue weighted by Crippen LogP contribution is -2.45. The first-order valence-electron chi connectivity index (χ1n) is 14.0. The lowest BCUT2D eigenvalue weighted by molar-refractivity contribution is -0.145. The van der Waals surface area contributed by atoms with Crippen LogP contribution in [0.4, 0.5) is 0 Å². The molecule has 0 radical (unpaired) electrons. The van der Waals surface area contributed by atoms with Crippen molar-refractivity contribution in [2.75, 3.05) is 19.6 Å². The van der Waals surface area contributed by atoms with Crippen molar-refractivity contribution in [2.45, 2.75) is 144 Å². The maximum Gasteiger partial charge on any atom is 0.229 e. The second-order valence-corrected chi connectivity index (χ2v) is 9.98. The summed E-state index contributed by atoms with van der Waals surface area (Å²) in [5.74, 6) is 0.216. The highest BCUT2D eigenvalue weighted by molar-refractivity contribution is 5.88. The van der Waals surface area contributed by atoms with E-state index < -0.39 is 5.41 Å². The Kier molecular flexibility index (Phi) is 19.9. The van der Waals surface area contributed by atoms with E-state index in [9.17, 15) is 9.59 Å². The van der Waals surface area contributed by atoms with Crippen LogP contribution in [0.15, 0.2) is 0 Å². The summed E-state index contributed by atoms with van der Waals surface area (Å²) in [6, 6.07) is 0. The predicted octanol–water partition coefficient (Wildman–Crippen LogP) is 7.65. The Balaban J connectivity index is 4.75. The maximum atomic E-state index is 13.6. The van der Waals surface area contributed by atoms with Crippen LogP contribution in [0, 0.1) is 5.41 Å². The summed E-state index contributed by atoms with van der Waals surface area (Å²) in [6.07, 6.45) is 19.0. The molecule has 1 atom stereocenters. The third kappa shape index (κ3) is 14.9. The molecule has 4 heteroatoms. The number of carbonyl (C=O) groups excluding carboxylic acids is 2. The van der Waals surface area contributed by atoms with Crippen molar-refractivity contribution in [3.8, 4) is 0 Å². The van der Waals surface area contributed by atoms with Crippen molar-refractivity contribution in [3.05, 3.63) is 0 Å². The third-order valence-corrected chi connectivity index (χ3v) is 6.80. The molecule has 0 aliphatic rings. The van der Waals surface area contributed by atoms with Gasteiger partial charge in [-0.3, -0.25) is 9.59 Å². The van der Waals surface area contributed by atoms with Crippen LogP contribution in [0.5, 0.6) is 0 Å². The molecule has 0 aromatic carbocycles. The van der Waals surface area contributed by atoms with Gasteiger partial charge < -0.3 is 10.2 Å². The Morgan fingerprint density at radius 2 is 1.09 bits per heavy atom. The van der Waals surface area contributed by atoms with Crippen molar-refractivity contribution in [3.63, 3.8) is 0 Å². The number of nitrogens with zero attached hydrogens (tertiary/aromatic N) is 1. The zero-order valence-corrected chi connectivity index (χ0v) is 22.4. The highest BCUT2D eigenvalue weighted by Crippen LogP contribution is 2.29. The van der Waals surface area contributed by atoms with Gasteiger partial charge in [-0.05, 0) is 25.7 Å². The fraction of sp³-hybridized carbons (Fsp3) is 0.929. The molecule has 0 heterocycles. The molecule has 0 saturated heterocycles. The molecule has 1 N–H and O–H groups in total. The number of nitrogens with one attached hydrogen (secondary N) is 1. The summed E-state index contributed by atoms with van der Waals surface area (Å²) in [7, 11) is 0. The molecule has 1 unspecified atom stereocenters. The Morgan fingerprint density at radius 1 is 0.656 bits per heavy atom. The molecule has 0 aromatic rings.